The molecule has 0 spiro atoms. The van der Waals surface area contributed by atoms with Crippen LogP contribution in [-0.2, 0) is 19.4 Å². The fraction of sp³-hybridized carbons (Fsp3) is 0.438. The summed E-state index contributed by atoms with van der Waals surface area (Å²) in [5.74, 6) is -0.277. The average Bonchev–Trinajstić information content (AvgIpc) is 2.68. The van der Waals surface area contributed by atoms with E-state index in [0.29, 0.717) is 24.4 Å². The molecule has 0 saturated carbocycles. The van der Waals surface area contributed by atoms with E-state index in [9.17, 15) is 9.50 Å². The molecule has 5 heteroatoms. The molecule has 2 rings (SSSR count). The number of benzene rings is 1. The predicted molar refractivity (Wildman–Crippen MR) is 82.1 cm³/mol. The summed E-state index contributed by atoms with van der Waals surface area (Å²) in [6, 6.07) is 6.18. The Labute approximate surface area is 129 Å². The first kappa shape index (κ1) is 16.0. The van der Waals surface area contributed by atoms with Crippen molar-refractivity contribution >= 4 is 11.6 Å². The van der Waals surface area contributed by atoms with Crippen LogP contribution in [0.4, 0.5) is 4.39 Å². The van der Waals surface area contributed by atoms with Gasteiger partial charge in [0.15, 0.2) is 0 Å². The van der Waals surface area contributed by atoms with Gasteiger partial charge in [0.25, 0.3) is 0 Å². The van der Waals surface area contributed by atoms with Crippen LogP contribution in [0.15, 0.2) is 24.3 Å². The summed E-state index contributed by atoms with van der Waals surface area (Å²) >= 11 is 6.28. The molecule has 0 fully saturated rings. The number of aliphatic hydroxyl groups is 1. The molecule has 1 unspecified atom stereocenters. The van der Waals surface area contributed by atoms with Gasteiger partial charge in [-0.15, -0.1) is 0 Å². The zero-order valence-electron chi connectivity index (χ0n) is 12.5. The first-order valence-corrected chi connectivity index (χ1v) is 7.39. The van der Waals surface area contributed by atoms with Crippen molar-refractivity contribution in [2.45, 2.75) is 45.8 Å². The third-order valence-corrected chi connectivity index (χ3v) is 3.99. The quantitative estimate of drug-likeness (QED) is 0.917. The number of aromatic nitrogens is 2. The van der Waals surface area contributed by atoms with Crippen molar-refractivity contribution in [3.05, 3.63) is 52.1 Å². The zero-order chi connectivity index (χ0) is 15.6. The number of halogens is 2. The highest BCUT2D eigenvalue weighted by Crippen LogP contribution is 2.26. The fourth-order valence-corrected chi connectivity index (χ4v) is 2.71. The van der Waals surface area contributed by atoms with E-state index in [1.54, 1.807) is 19.1 Å². The minimum Gasteiger partial charge on any atom is -0.389 e. The zero-order valence-corrected chi connectivity index (χ0v) is 13.3. The molecule has 0 aliphatic carbocycles. The molecule has 1 N–H and O–H groups in total. The molecule has 3 nitrogen and oxygen atoms in total. The molecule has 21 heavy (non-hydrogen) atoms. The van der Waals surface area contributed by atoms with Crippen molar-refractivity contribution < 1.29 is 9.50 Å². The van der Waals surface area contributed by atoms with Crippen LogP contribution in [0.3, 0.4) is 0 Å². The lowest BCUT2D eigenvalue weighted by Crippen LogP contribution is -2.31. The first-order chi connectivity index (χ1) is 9.82. The smallest absolute Gasteiger partial charge is 0.123 e. The maximum absolute atomic E-state index is 12.9. The maximum Gasteiger partial charge on any atom is 0.123 e. The summed E-state index contributed by atoms with van der Waals surface area (Å²) in [6.45, 7) is 6.30. The molecular formula is C16H20ClFN2O. The Morgan fingerprint density at radius 1 is 1.29 bits per heavy atom. The summed E-state index contributed by atoms with van der Waals surface area (Å²) < 4.78 is 14.7. The lowest BCUT2D eigenvalue weighted by atomic mass is 9.91. The topological polar surface area (TPSA) is 38.0 Å². The summed E-state index contributed by atoms with van der Waals surface area (Å²) in [5, 5.41) is 15.6. The number of nitrogens with zero attached hydrogens (tertiary/aromatic N) is 2. The van der Waals surface area contributed by atoms with Crippen molar-refractivity contribution in [1.29, 1.82) is 0 Å². The molecule has 1 atom stereocenters. The molecular weight excluding hydrogens is 291 g/mol. The Morgan fingerprint density at radius 2 is 1.90 bits per heavy atom. The van der Waals surface area contributed by atoms with Gasteiger partial charge in [-0.3, -0.25) is 4.68 Å². The lowest BCUT2D eigenvalue weighted by molar-refractivity contribution is 0.0587. The molecule has 2 aromatic rings. The Bertz CT molecular complexity index is 620. The Balaban J connectivity index is 2.19. The average molecular weight is 311 g/mol. The van der Waals surface area contributed by atoms with Gasteiger partial charge in [0.2, 0.25) is 0 Å². The molecule has 0 radical (unpaired) electrons. The van der Waals surface area contributed by atoms with E-state index in [4.69, 9.17) is 11.6 Å². The maximum atomic E-state index is 12.9. The summed E-state index contributed by atoms with van der Waals surface area (Å²) in [7, 11) is 0. The minimum absolute atomic E-state index is 0.277. The standard InChI is InChI=1S/C16H20ClFN2O/c1-4-20-14(15(17)11(2)19-20)10-16(3,21)9-12-5-7-13(18)8-6-12/h5-8,21H,4,9-10H2,1-3H3. The van der Waals surface area contributed by atoms with Crippen LogP contribution >= 0.6 is 11.6 Å². The normalized spacial score (nSPS) is 14.2. The van der Waals surface area contributed by atoms with Gasteiger partial charge in [-0.25, -0.2) is 4.39 Å². The Kier molecular flexibility index (Phi) is 4.69. The molecule has 0 amide bonds. The van der Waals surface area contributed by atoms with Crippen LogP contribution in [0.2, 0.25) is 5.02 Å². The number of rotatable bonds is 5. The molecule has 1 heterocycles. The molecule has 0 bridgehead atoms. The third kappa shape index (κ3) is 3.83. The van der Waals surface area contributed by atoms with Gasteiger partial charge in [-0.2, -0.15) is 5.10 Å². The molecule has 0 aliphatic rings. The lowest BCUT2D eigenvalue weighted by Gasteiger charge is -2.24. The van der Waals surface area contributed by atoms with Crippen LogP contribution in [0.5, 0.6) is 0 Å². The van der Waals surface area contributed by atoms with Gasteiger partial charge in [0, 0.05) is 19.4 Å². The Hall–Kier alpha value is -1.39. The van der Waals surface area contributed by atoms with Crippen LogP contribution in [0.25, 0.3) is 0 Å². The Morgan fingerprint density at radius 3 is 2.48 bits per heavy atom. The summed E-state index contributed by atoms with van der Waals surface area (Å²) in [5.41, 5.74) is 1.52. The van der Waals surface area contributed by atoms with E-state index < -0.39 is 5.60 Å². The highest BCUT2D eigenvalue weighted by atomic mass is 35.5. The van der Waals surface area contributed by atoms with Gasteiger partial charge < -0.3 is 5.11 Å². The monoisotopic (exact) mass is 310 g/mol. The third-order valence-electron chi connectivity index (χ3n) is 3.50. The fourth-order valence-electron chi connectivity index (χ4n) is 2.50. The number of aryl methyl sites for hydroxylation is 2. The van der Waals surface area contributed by atoms with Crippen LogP contribution in [0.1, 0.15) is 30.8 Å². The first-order valence-electron chi connectivity index (χ1n) is 7.01. The van der Waals surface area contributed by atoms with Crippen LogP contribution in [0, 0.1) is 12.7 Å². The van der Waals surface area contributed by atoms with E-state index >= 15 is 0 Å². The molecule has 1 aromatic carbocycles. The van der Waals surface area contributed by atoms with Gasteiger partial charge in [0.05, 0.1) is 22.0 Å². The second-order valence-corrected chi connectivity index (χ2v) is 6.02. The van der Waals surface area contributed by atoms with Crippen molar-refractivity contribution in [3.63, 3.8) is 0 Å². The van der Waals surface area contributed by atoms with Crippen molar-refractivity contribution in [2.24, 2.45) is 0 Å². The van der Waals surface area contributed by atoms with Crippen LogP contribution in [-0.4, -0.2) is 20.5 Å². The predicted octanol–water partition coefficient (Wildman–Crippen LogP) is 3.54. The van der Waals surface area contributed by atoms with Crippen molar-refractivity contribution in [3.8, 4) is 0 Å². The van der Waals surface area contributed by atoms with E-state index in [2.05, 4.69) is 5.10 Å². The van der Waals surface area contributed by atoms with E-state index in [1.807, 2.05) is 18.5 Å². The molecule has 0 saturated heterocycles. The van der Waals surface area contributed by atoms with Gasteiger partial charge in [-0.05, 0) is 38.5 Å². The molecule has 114 valence electrons. The minimum atomic E-state index is -0.971. The second-order valence-electron chi connectivity index (χ2n) is 5.64. The van der Waals surface area contributed by atoms with Crippen LogP contribution < -0.4 is 0 Å². The van der Waals surface area contributed by atoms with Gasteiger partial charge in [-0.1, -0.05) is 23.7 Å². The van der Waals surface area contributed by atoms with E-state index in [-0.39, 0.29) is 5.82 Å². The highest BCUT2D eigenvalue weighted by molar-refractivity contribution is 6.31. The second kappa shape index (κ2) is 6.16. The molecule has 0 aliphatic heterocycles. The number of hydrogen-bond acceptors (Lipinski definition) is 2. The van der Waals surface area contributed by atoms with Gasteiger partial charge in [0.1, 0.15) is 5.82 Å². The summed E-state index contributed by atoms with van der Waals surface area (Å²) in [4.78, 5) is 0. The van der Waals surface area contributed by atoms with Crippen molar-refractivity contribution in [1.82, 2.24) is 9.78 Å². The number of hydrogen-bond donors (Lipinski definition) is 1. The summed E-state index contributed by atoms with van der Waals surface area (Å²) in [6.07, 6.45) is 0.829. The van der Waals surface area contributed by atoms with E-state index in [0.717, 1.165) is 17.0 Å². The SMILES string of the molecule is CCn1nc(C)c(Cl)c1CC(C)(O)Cc1ccc(F)cc1. The highest BCUT2D eigenvalue weighted by Gasteiger charge is 2.26. The largest absolute Gasteiger partial charge is 0.389 e. The van der Waals surface area contributed by atoms with Crippen molar-refractivity contribution in [2.75, 3.05) is 0 Å². The molecule has 1 aromatic heterocycles. The van der Waals surface area contributed by atoms with Gasteiger partial charge >= 0.3 is 0 Å². The van der Waals surface area contributed by atoms with E-state index in [1.165, 1.54) is 12.1 Å².